The number of nitriles is 1. The SMILES string of the molecule is COC(=O)C1CCCN1C(=O)c1ccc(C#N)cn1. The van der Waals surface area contributed by atoms with E-state index in [0.29, 0.717) is 18.5 Å². The van der Waals surface area contributed by atoms with Crippen LogP contribution in [0.15, 0.2) is 18.3 Å². The van der Waals surface area contributed by atoms with Crippen LogP contribution in [0.4, 0.5) is 0 Å². The van der Waals surface area contributed by atoms with Gasteiger partial charge in [-0.15, -0.1) is 0 Å². The van der Waals surface area contributed by atoms with Crippen molar-refractivity contribution >= 4 is 11.9 Å². The van der Waals surface area contributed by atoms with Gasteiger partial charge in [0.05, 0.1) is 12.7 Å². The van der Waals surface area contributed by atoms with Crippen molar-refractivity contribution in [1.29, 1.82) is 5.26 Å². The van der Waals surface area contributed by atoms with Crippen LogP contribution >= 0.6 is 0 Å². The molecule has 19 heavy (non-hydrogen) atoms. The molecule has 0 bridgehead atoms. The number of rotatable bonds is 2. The molecule has 2 heterocycles. The maximum atomic E-state index is 12.3. The van der Waals surface area contributed by atoms with Crippen molar-refractivity contribution in [2.24, 2.45) is 0 Å². The van der Waals surface area contributed by atoms with E-state index in [9.17, 15) is 9.59 Å². The van der Waals surface area contributed by atoms with E-state index in [1.54, 1.807) is 0 Å². The van der Waals surface area contributed by atoms with Crippen LogP contribution < -0.4 is 0 Å². The highest BCUT2D eigenvalue weighted by Crippen LogP contribution is 2.20. The maximum absolute atomic E-state index is 12.3. The Morgan fingerprint density at radius 1 is 1.53 bits per heavy atom. The number of hydrogen-bond donors (Lipinski definition) is 0. The molecule has 0 aromatic carbocycles. The summed E-state index contributed by atoms with van der Waals surface area (Å²) < 4.78 is 4.69. The first-order valence-electron chi connectivity index (χ1n) is 5.92. The second-order valence-electron chi connectivity index (χ2n) is 4.22. The van der Waals surface area contributed by atoms with Crippen molar-refractivity contribution in [3.05, 3.63) is 29.6 Å². The van der Waals surface area contributed by atoms with Gasteiger partial charge in [-0.2, -0.15) is 5.26 Å². The number of carbonyl (C=O) groups excluding carboxylic acids is 2. The Bertz CT molecular complexity index is 533. The Balaban J connectivity index is 2.18. The highest BCUT2D eigenvalue weighted by molar-refractivity contribution is 5.95. The lowest BCUT2D eigenvalue weighted by atomic mass is 10.2. The number of amides is 1. The second-order valence-corrected chi connectivity index (χ2v) is 4.22. The van der Waals surface area contributed by atoms with E-state index < -0.39 is 12.0 Å². The highest BCUT2D eigenvalue weighted by Gasteiger charge is 2.35. The normalized spacial score (nSPS) is 17.9. The number of nitrogens with zero attached hydrogens (tertiary/aromatic N) is 3. The summed E-state index contributed by atoms with van der Waals surface area (Å²) in [6.45, 7) is 0.514. The van der Waals surface area contributed by atoms with Crippen molar-refractivity contribution in [1.82, 2.24) is 9.88 Å². The number of aromatic nitrogens is 1. The summed E-state index contributed by atoms with van der Waals surface area (Å²) in [5.41, 5.74) is 0.622. The Morgan fingerprint density at radius 2 is 2.32 bits per heavy atom. The fourth-order valence-electron chi connectivity index (χ4n) is 2.12. The largest absolute Gasteiger partial charge is 0.467 e. The molecule has 6 heteroatoms. The first kappa shape index (κ1) is 13.0. The van der Waals surface area contributed by atoms with E-state index in [2.05, 4.69) is 4.98 Å². The first-order valence-corrected chi connectivity index (χ1v) is 5.92. The Kier molecular flexibility index (Phi) is 3.76. The summed E-state index contributed by atoms with van der Waals surface area (Å²) in [4.78, 5) is 29.3. The third-order valence-electron chi connectivity index (χ3n) is 3.10. The van der Waals surface area contributed by atoms with Crippen LogP contribution in [0, 0.1) is 11.3 Å². The van der Waals surface area contributed by atoms with Crippen molar-refractivity contribution in [2.45, 2.75) is 18.9 Å². The van der Waals surface area contributed by atoms with E-state index in [0.717, 1.165) is 6.42 Å². The van der Waals surface area contributed by atoms with Gasteiger partial charge in [0.1, 0.15) is 17.8 Å². The number of esters is 1. The van der Waals surface area contributed by atoms with E-state index in [1.807, 2.05) is 6.07 Å². The molecule has 0 aliphatic carbocycles. The Labute approximate surface area is 110 Å². The van der Waals surface area contributed by atoms with Crippen LogP contribution in [0.2, 0.25) is 0 Å². The summed E-state index contributed by atoms with van der Waals surface area (Å²) in [7, 11) is 1.31. The van der Waals surface area contributed by atoms with E-state index >= 15 is 0 Å². The van der Waals surface area contributed by atoms with E-state index in [-0.39, 0.29) is 11.6 Å². The minimum Gasteiger partial charge on any atom is -0.467 e. The molecule has 0 saturated carbocycles. The average molecular weight is 259 g/mol. The van der Waals surface area contributed by atoms with Gasteiger partial charge in [0.2, 0.25) is 0 Å². The smallest absolute Gasteiger partial charge is 0.328 e. The quantitative estimate of drug-likeness (QED) is 0.731. The van der Waals surface area contributed by atoms with Gasteiger partial charge in [0, 0.05) is 12.7 Å². The van der Waals surface area contributed by atoms with E-state index in [1.165, 1.54) is 30.3 Å². The molecule has 1 amide bonds. The summed E-state index contributed by atoms with van der Waals surface area (Å²) in [6.07, 6.45) is 2.72. The number of carbonyl (C=O) groups is 2. The molecule has 98 valence electrons. The van der Waals surface area contributed by atoms with Crippen molar-refractivity contribution in [2.75, 3.05) is 13.7 Å². The maximum Gasteiger partial charge on any atom is 0.328 e. The van der Waals surface area contributed by atoms with Crippen molar-refractivity contribution < 1.29 is 14.3 Å². The molecule has 0 spiro atoms. The average Bonchev–Trinajstić information content (AvgIpc) is 2.95. The van der Waals surface area contributed by atoms with Crippen LogP contribution in [-0.4, -0.2) is 41.5 Å². The molecular formula is C13H13N3O3. The third-order valence-corrected chi connectivity index (χ3v) is 3.10. The Hall–Kier alpha value is -2.42. The zero-order valence-electron chi connectivity index (χ0n) is 10.5. The van der Waals surface area contributed by atoms with Gasteiger partial charge >= 0.3 is 5.97 Å². The van der Waals surface area contributed by atoms with Crippen molar-refractivity contribution in [3.63, 3.8) is 0 Å². The summed E-state index contributed by atoms with van der Waals surface area (Å²) in [6, 6.07) is 4.43. The zero-order chi connectivity index (χ0) is 13.8. The number of pyridine rings is 1. The first-order chi connectivity index (χ1) is 9.17. The number of likely N-dealkylation sites (tertiary alicyclic amines) is 1. The molecule has 0 radical (unpaired) electrons. The van der Waals surface area contributed by atoms with Gasteiger partial charge in [-0.05, 0) is 25.0 Å². The predicted molar refractivity (Wildman–Crippen MR) is 65.0 cm³/mol. The van der Waals surface area contributed by atoms with Gasteiger partial charge in [0.25, 0.3) is 5.91 Å². The van der Waals surface area contributed by atoms with Crippen LogP contribution in [0.1, 0.15) is 28.9 Å². The minimum atomic E-state index is -0.532. The van der Waals surface area contributed by atoms with Crippen LogP contribution in [0.25, 0.3) is 0 Å². The van der Waals surface area contributed by atoms with Gasteiger partial charge in [-0.1, -0.05) is 0 Å². The molecule has 2 rings (SSSR count). The molecule has 1 aromatic rings. The molecule has 1 atom stereocenters. The fourth-order valence-corrected chi connectivity index (χ4v) is 2.12. The summed E-state index contributed by atoms with van der Waals surface area (Å²) in [5, 5.41) is 8.68. The summed E-state index contributed by atoms with van der Waals surface area (Å²) in [5.74, 6) is -0.711. The lowest BCUT2D eigenvalue weighted by Crippen LogP contribution is -2.41. The Morgan fingerprint density at radius 3 is 2.89 bits per heavy atom. The monoisotopic (exact) mass is 259 g/mol. The number of methoxy groups -OCH3 is 1. The second kappa shape index (κ2) is 5.48. The van der Waals surface area contributed by atoms with Crippen LogP contribution in [-0.2, 0) is 9.53 Å². The molecular weight excluding hydrogens is 246 g/mol. The van der Waals surface area contributed by atoms with E-state index in [4.69, 9.17) is 10.00 Å². The fraction of sp³-hybridized carbons (Fsp3) is 0.385. The van der Waals surface area contributed by atoms with Crippen LogP contribution in [0.3, 0.4) is 0 Å². The molecule has 1 aromatic heterocycles. The molecule has 1 aliphatic rings. The predicted octanol–water partition coefficient (Wildman–Crippen LogP) is 0.731. The molecule has 1 aliphatic heterocycles. The topological polar surface area (TPSA) is 83.3 Å². The highest BCUT2D eigenvalue weighted by atomic mass is 16.5. The van der Waals surface area contributed by atoms with Gasteiger partial charge in [-0.25, -0.2) is 9.78 Å². The van der Waals surface area contributed by atoms with Gasteiger partial charge in [-0.3, -0.25) is 4.79 Å². The molecule has 6 nitrogen and oxygen atoms in total. The molecule has 1 saturated heterocycles. The minimum absolute atomic E-state index is 0.231. The molecule has 0 N–H and O–H groups in total. The summed E-state index contributed by atoms with van der Waals surface area (Å²) >= 11 is 0. The molecule has 1 fully saturated rings. The number of ether oxygens (including phenoxy) is 1. The van der Waals surface area contributed by atoms with Gasteiger partial charge < -0.3 is 9.64 Å². The zero-order valence-corrected chi connectivity index (χ0v) is 10.5. The van der Waals surface area contributed by atoms with Gasteiger partial charge in [0.15, 0.2) is 0 Å². The third kappa shape index (κ3) is 2.55. The standard InChI is InChI=1S/C13H13N3O3/c1-19-13(18)11-3-2-6-16(11)12(17)10-5-4-9(7-14)8-15-10/h4-5,8,11H,2-3,6H2,1H3. The van der Waals surface area contributed by atoms with Crippen molar-refractivity contribution in [3.8, 4) is 6.07 Å². The number of hydrogen-bond acceptors (Lipinski definition) is 5. The molecule has 1 unspecified atom stereocenters. The van der Waals surface area contributed by atoms with Crippen LogP contribution in [0.5, 0.6) is 0 Å². The lowest BCUT2D eigenvalue weighted by Gasteiger charge is -2.22. The lowest BCUT2D eigenvalue weighted by molar-refractivity contribution is -0.145.